The Kier molecular flexibility index (Phi) is 8.26. The van der Waals surface area contributed by atoms with Crippen molar-refractivity contribution < 1.29 is 0 Å². The van der Waals surface area contributed by atoms with Gasteiger partial charge in [-0.15, -0.1) is 0 Å². The smallest absolute Gasteiger partial charge is 0.0169 e. The van der Waals surface area contributed by atoms with Crippen LogP contribution in [0.1, 0.15) is 98.8 Å². The van der Waals surface area contributed by atoms with E-state index in [2.05, 4.69) is 50.6 Å². The number of rotatable bonds is 7. The lowest BCUT2D eigenvalue weighted by Crippen LogP contribution is -2.48. The highest BCUT2D eigenvalue weighted by Crippen LogP contribution is 2.39. The largest absolute Gasteiger partial charge is 0.317 e. The quantitative estimate of drug-likeness (QED) is 0.497. The van der Waals surface area contributed by atoms with Crippen LogP contribution < -0.4 is 16.0 Å². The highest BCUT2D eigenvalue weighted by atomic mass is 15.0. The lowest BCUT2D eigenvalue weighted by atomic mass is 9.70. The molecule has 0 aromatic carbocycles. The van der Waals surface area contributed by atoms with Crippen molar-refractivity contribution in [3.8, 4) is 0 Å². The minimum atomic E-state index is 0.396. The summed E-state index contributed by atoms with van der Waals surface area (Å²) in [5.41, 5.74) is 4.25. The molecule has 0 amide bonds. The lowest BCUT2D eigenvalue weighted by Gasteiger charge is -2.41. The first-order valence-electron chi connectivity index (χ1n) is 12.6. The molecule has 3 aliphatic heterocycles. The zero-order valence-corrected chi connectivity index (χ0v) is 20.1. The van der Waals surface area contributed by atoms with E-state index in [1.807, 2.05) is 0 Å². The van der Waals surface area contributed by atoms with Crippen molar-refractivity contribution in [1.29, 1.82) is 0 Å². The fourth-order valence-electron chi connectivity index (χ4n) is 6.14. The molecule has 0 bridgehead atoms. The molecular weight excluding hydrogens is 354 g/mol. The van der Waals surface area contributed by atoms with E-state index in [4.69, 9.17) is 0 Å². The molecule has 29 heavy (non-hydrogen) atoms. The molecule has 3 N–H and O–H groups in total. The van der Waals surface area contributed by atoms with Crippen LogP contribution in [-0.4, -0.2) is 38.3 Å². The maximum absolute atomic E-state index is 3.91. The van der Waals surface area contributed by atoms with Crippen LogP contribution in [0.2, 0.25) is 0 Å². The van der Waals surface area contributed by atoms with Gasteiger partial charge in [0.05, 0.1) is 0 Å². The van der Waals surface area contributed by atoms with Crippen molar-refractivity contribution in [2.24, 2.45) is 16.7 Å². The van der Waals surface area contributed by atoms with E-state index in [0.717, 1.165) is 12.5 Å². The van der Waals surface area contributed by atoms with Gasteiger partial charge in [0.15, 0.2) is 0 Å². The van der Waals surface area contributed by atoms with E-state index in [1.165, 1.54) is 83.8 Å². The third-order valence-electron chi connectivity index (χ3n) is 8.62. The highest BCUT2D eigenvalue weighted by molar-refractivity contribution is 5.17. The molecular formula is C26H49N3. The first kappa shape index (κ1) is 23.3. The standard InChI is InChI=1S/C26H49N3/c1-20(11-14-25(2,3)22-12-16-27-17-13-22)21-9-10-23(29-19-21)18-26(4,5)24-8-6-7-15-28-24/h22-24,27-29H,6-19H2,1-5H3/b21-20-. The van der Waals surface area contributed by atoms with Crippen LogP contribution in [0.4, 0.5) is 0 Å². The number of piperidine rings is 3. The number of allylic oxidation sites excluding steroid dienone is 1. The van der Waals surface area contributed by atoms with Crippen LogP contribution in [-0.2, 0) is 0 Å². The Hall–Kier alpha value is -0.380. The summed E-state index contributed by atoms with van der Waals surface area (Å²) in [5.74, 6) is 0.894. The minimum Gasteiger partial charge on any atom is -0.317 e. The van der Waals surface area contributed by atoms with Gasteiger partial charge in [0, 0.05) is 18.6 Å². The lowest BCUT2D eigenvalue weighted by molar-refractivity contribution is 0.153. The Balaban J connectivity index is 1.45. The molecule has 3 heterocycles. The monoisotopic (exact) mass is 403 g/mol. The fourth-order valence-corrected chi connectivity index (χ4v) is 6.14. The summed E-state index contributed by atoms with van der Waals surface area (Å²) in [4.78, 5) is 0. The van der Waals surface area contributed by atoms with Crippen molar-refractivity contribution in [1.82, 2.24) is 16.0 Å². The van der Waals surface area contributed by atoms with Crippen LogP contribution in [0, 0.1) is 16.7 Å². The Labute approximate surface area is 181 Å². The van der Waals surface area contributed by atoms with Gasteiger partial charge in [0.25, 0.3) is 0 Å². The Morgan fingerprint density at radius 3 is 2.28 bits per heavy atom. The van der Waals surface area contributed by atoms with Gasteiger partial charge in [0.2, 0.25) is 0 Å². The van der Waals surface area contributed by atoms with Crippen LogP contribution in [0.3, 0.4) is 0 Å². The van der Waals surface area contributed by atoms with E-state index >= 15 is 0 Å². The zero-order valence-electron chi connectivity index (χ0n) is 20.1. The molecule has 0 spiro atoms. The van der Waals surface area contributed by atoms with Crippen molar-refractivity contribution in [2.75, 3.05) is 26.2 Å². The summed E-state index contributed by atoms with van der Waals surface area (Å²) < 4.78 is 0. The molecule has 2 atom stereocenters. The van der Waals surface area contributed by atoms with Gasteiger partial charge in [-0.25, -0.2) is 0 Å². The number of hydrogen-bond donors (Lipinski definition) is 3. The summed E-state index contributed by atoms with van der Waals surface area (Å²) >= 11 is 0. The molecule has 3 heteroatoms. The maximum atomic E-state index is 3.91. The number of hydrogen-bond acceptors (Lipinski definition) is 3. The van der Waals surface area contributed by atoms with Gasteiger partial charge < -0.3 is 16.0 Å². The van der Waals surface area contributed by atoms with Crippen molar-refractivity contribution in [3.05, 3.63) is 11.1 Å². The van der Waals surface area contributed by atoms with Crippen molar-refractivity contribution >= 4 is 0 Å². The molecule has 3 fully saturated rings. The third-order valence-corrected chi connectivity index (χ3v) is 8.62. The maximum Gasteiger partial charge on any atom is 0.0169 e. The van der Waals surface area contributed by atoms with E-state index in [9.17, 15) is 0 Å². The minimum absolute atomic E-state index is 0.396. The second-order valence-corrected chi connectivity index (χ2v) is 11.7. The number of nitrogens with one attached hydrogen (secondary N) is 3. The molecule has 3 saturated heterocycles. The molecule has 0 aromatic heterocycles. The molecule has 3 nitrogen and oxygen atoms in total. The first-order chi connectivity index (χ1) is 13.8. The van der Waals surface area contributed by atoms with Gasteiger partial charge in [-0.1, -0.05) is 45.3 Å². The van der Waals surface area contributed by atoms with Crippen LogP contribution >= 0.6 is 0 Å². The molecule has 0 aromatic rings. The predicted molar refractivity (Wildman–Crippen MR) is 126 cm³/mol. The molecule has 168 valence electrons. The van der Waals surface area contributed by atoms with Crippen LogP contribution in [0.25, 0.3) is 0 Å². The molecule has 3 aliphatic rings. The second-order valence-electron chi connectivity index (χ2n) is 11.7. The van der Waals surface area contributed by atoms with Gasteiger partial charge in [-0.2, -0.15) is 0 Å². The van der Waals surface area contributed by atoms with Gasteiger partial charge >= 0.3 is 0 Å². The van der Waals surface area contributed by atoms with Crippen LogP contribution in [0.15, 0.2) is 11.1 Å². The zero-order chi connectivity index (χ0) is 20.9. The Morgan fingerprint density at radius 2 is 1.66 bits per heavy atom. The Bertz CT molecular complexity index is 526. The fraction of sp³-hybridized carbons (Fsp3) is 0.923. The molecule has 0 saturated carbocycles. The van der Waals surface area contributed by atoms with Gasteiger partial charge in [0.1, 0.15) is 0 Å². The highest BCUT2D eigenvalue weighted by Gasteiger charge is 2.34. The average molecular weight is 404 g/mol. The van der Waals surface area contributed by atoms with Gasteiger partial charge in [-0.3, -0.25) is 0 Å². The Morgan fingerprint density at radius 1 is 0.897 bits per heavy atom. The summed E-state index contributed by atoms with van der Waals surface area (Å²) in [6.45, 7) is 17.2. The van der Waals surface area contributed by atoms with Gasteiger partial charge in [-0.05, 0) is 101 Å². The van der Waals surface area contributed by atoms with E-state index in [0.29, 0.717) is 22.9 Å². The van der Waals surface area contributed by atoms with Crippen molar-refractivity contribution in [2.45, 2.75) is 111 Å². The molecule has 0 radical (unpaired) electrons. The second kappa shape index (κ2) is 10.3. The third kappa shape index (κ3) is 6.55. The van der Waals surface area contributed by atoms with E-state index in [-0.39, 0.29) is 0 Å². The normalized spacial score (nSPS) is 29.7. The van der Waals surface area contributed by atoms with E-state index < -0.39 is 0 Å². The predicted octanol–water partition coefficient (Wildman–Crippen LogP) is 5.42. The molecule has 3 rings (SSSR count). The van der Waals surface area contributed by atoms with Crippen molar-refractivity contribution in [3.63, 3.8) is 0 Å². The SMILES string of the molecule is C/C(CCC(C)(C)C1CCNCC1)=C1\CCC(CC(C)(C)C2CCCCN2)NC1. The topological polar surface area (TPSA) is 36.1 Å². The molecule has 2 unspecified atom stereocenters. The summed E-state index contributed by atoms with van der Waals surface area (Å²) in [7, 11) is 0. The average Bonchev–Trinajstić information content (AvgIpc) is 2.74. The summed E-state index contributed by atoms with van der Waals surface area (Å²) in [6.07, 6.45) is 13.4. The summed E-state index contributed by atoms with van der Waals surface area (Å²) in [6, 6.07) is 1.39. The van der Waals surface area contributed by atoms with Crippen LogP contribution in [0.5, 0.6) is 0 Å². The molecule has 0 aliphatic carbocycles. The summed E-state index contributed by atoms with van der Waals surface area (Å²) in [5, 5.41) is 11.2. The first-order valence-corrected chi connectivity index (χ1v) is 12.6. The van der Waals surface area contributed by atoms with E-state index in [1.54, 1.807) is 11.1 Å².